The molecule has 19 heavy (non-hydrogen) atoms. The zero-order valence-electron chi connectivity index (χ0n) is 11.3. The summed E-state index contributed by atoms with van der Waals surface area (Å²) >= 11 is 3.48. The van der Waals surface area contributed by atoms with Gasteiger partial charge in [-0.3, -0.25) is 4.90 Å². The molecule has 106 valence electrons. The van der Waals surface area contributed by atoms with Crippen molar-refractivity contribution in [1.29, 1.82) is 0 Å². The van der Waals surface area contributed by atoms with Crippen LogP contribution in [-0.2, 0) is 0 Å². The number of hydrogen-bond acceptors (Lipinski definition) is 3. The molecule has 0 aromatic heterocycles. The Balaban J connectivity index is 1.99. The molecule has 1 aliphatic rings. The monoisotopic (exact) mass is 327 g/mol. The van der Waals surface area contributed by atoms with Crippen molar-refractivity contribution >= 4 is 15.9 Å². The fourth-order valence-corrected chi connectivity index (χ4v) is 3.35. The molecule has 0 amide bonds. The zero-order valence-corrected chi connectivity index (χ0v) is 12.9. The van der Waals surface area contributed by atoms with Gasteiger partial charge in [0.2, 0.25) is 0 Å². The fourth-order valence-electron chi connectivity index (χ4n) is 2.80. The van der Waals surface area contributed by atoms with Crippen molar-refractivity contribution in [2.24, 2.45) is 5.41 Å². The van der Waals surface area contributed by atoms with Gasteiger partial charge in [-0.2, -0.15) is 0 Å². The molecule has 1 fully saturated rings. The Morgan fingerprint density at radius 2 is 2.16 bits per heavy atom. The minimum atomic E-state index is -0.489. The van der Waals surface area contributed by atoms with E-state index in [0.717, 1.165) is 36.0 Å². The quantitative estimate of drug-likeness (QED) is 0.893. The van der Waals surface area contributed by atoms with Crippen LogP contribution in [-0.4, -0.2) is 41.4 Å². The Kier molecular flexibility index (Phi) is 5.01. The smallest absolute Gasteiger partial charge is 0.0927 e. The van der Waals surface area contributed by atoms with Crippen LogP contribution in [0.15, 0.2) is 28.7 Å². The van der Waals surface area contributed by atoms with Gasteiger partial charge in [-0.1, -0.05) is 41.1 Å². The largest absolute Gasteiger partial charge is 0.396 e. The molecule has 4 heteroatoms. The lowest BCUT2D eigenvalue weighted by atomic mass is 9.82. The molecule has 1 aliphatic heterocycles. The normalized spacial score (nSPS) is 26.3. The molecule has 1 aromatic rings. The summed E-state index contributed by atoms with van der Waals surface area (Å²) in [6.45, 7) is 4.80. The lowest BCUT2D eigenvalue weighted by Gasteiger charge is -2.40. The van der Waals surface area contributed by atoms with Crippen molar-refractivity contribution in [3.63, 3.8) is 0 Å². The van der Waals surface area contributed by atoms with Crippen molar-refractivity contribution in [2.75, 3.05) is 26.2 Å². The van der Waals surface area contributed by atoms with E-state index in [1.165, 1.54) is 0 Å². The Morgan fingerprint density at radius 1 is 1.42 bits per heavy atom. The Bertz CT molecular complexity index is 426. The number of aliphatic hydroxyl groups is 2. The summed E-state index contributed by atoms with van der Waals surface area (Å²) < 4.78 is 0.949. The highest BCUT2D eigenvalue weighted by Crippen LogP contribution is 2.30. The Labute approximate surface area is 123 Å². The molecule has 0 radical (unpaired) electrons. The van der Waals surface area contributed by atoms with Crippen LogP contribution in [0.3, 0.4) is 0 Å². The molecule has 1 saturated heterocycles. The number of likely N-dealkylation sites (tertiary alicyclic amines) is 1. The van der Waals surface area contributed by atoms with E-state index in [2.05, 4.69) is 27.8 Å². The van der Waals surface area contributed by atoms with Crippen molar-refractivity contribution < 1.29 is 10.2 Å². The van der Waals surface area contributed by atoms with Crippen LogP contribution in [0.2, 0.25) is 0 Å². The average Bonchev–Trinajstić information content (AvgIpc) is 2.39. The van der Waals surface area contributed by atoms with Gasteiger partial charge in [0, 0.05) is 29.6 Å². The number of nitrogens with zero attached hydrogens (tertiary/aromatic N) is 1. The van der Waals surface area contributed by atoms with Crippen molar-refractivity contribution in [1.82, 2.24) is 4.90 Å². The van der Waals surface area contributed by atoms with Crippen molar-refractivity contribution in [3.8, 4) is 0 Å². The molecule has 0 bridgehead atoms. The summed E-state index contributed by atoms with van der Waals surface area (Å²) in [5, 5.41) is 19.8. The maximum atomic E-state index is 10.4. The number of halogens is 1. The topological polar surface area (TPSA) is 43.7 Å². The third-order valence-electron chi connectivity index (χ3n) is 3.94. The SMILES string of the molecule is CC1(CO)CCCN(CC(O)c2ccccc2Br)C1. The van der Waals surface area contributed by atoms with Crippen molar-refractivity contribution in [2.45, 2.75) is 25.9 Å². The van der Waals surface area contributed by atoms with E-state index in [1.54, 1.807) is 0 Å². The van der Waals surface area contributed by atoms with Crippen LogP contribution in [0.25, 0.3) is 0 Å². The first kappa shape index (κ1) is 15.0. The van der Waals surface area contributed by atoms with Gasteiger partial charge in [0.15, 0.2) is 0 Å². The Morgan fingerprint density at radius 3 is 2.84 bits per heavy atom. The molecule has 2 rings (SSSR count). The highest BCUT2D eigenvalue weighted by Gasteiger charge is 2.31. The number of β-amino-alcohol motifs (C(OH)–C–C–N with tert-alkyl or cyclic N) is 1. The number of benzene rings is 1. The van der Waals surface area contributed by atoms with Crippen LogP contribution >= 0.6 is 15.9 Å². The van der Waals surface area contributed by atoms with Crippen LogP contribution in [0.5, 0.6) is 0 Å². The predicted molar refractivity (Wildman–Crippen MR) is 80.0 cm³/mol. The van der Waals surface area contributed by atoms with Crippen LogP contribution in [0, 0.1) is 5.41 Å². The van der Waals surface area contributed by atoms with E-state index < -0.39 is 6.10 Å². The Hall–Kier alpha value is -0.420. The second-order valence-corrected chi connectivity index (χ2v) is 6.70. The summed E-state index contributed by atoms with van der Waals surface area (Å²) in [7, 11) is 0. The molecule has 0 saturated carbocycles. The van der Waals surface area contributed by atoms with Gasteiger partial charge in [-0.15, -0.1) is 0 Å². The van der Waals surface area contributed by atoms with Crippen LogP contribution in [0.1, 0.15) is 31.4 Å². The predicted octanol–water partition coefficient (Wildman–Crippen LogP) is 2.58. The molecule has 2 atom stereocenters. The molecular formula is C15H22BrNO2. The number of hydrogen-bond donors (Lipinski definition) is 2. The molecule has 1 aromatic carbocycles. The summed E-state index contributed by atoms with van der Waals surface area (Å²) in [4.78, 5) is 2.25. The first-order valence-corrected chi connectivity index (χ1v) is 7.59. The molecule has 2 unspecified atom stereocenters. The third kappa shape index (κ3) is 3.78. The van der Waals surface area contributed by atoms with Gasteiger partial charge in [0.1, 0.15) is 0 Å². The molecule has 2 N–H and O–H groups in total. The maximum Gasteiger partial charge on any atom is 0.0927 e. The molecular weight excluding hydrogens is 306 g/mol. The molecule has 3 nitrogen and oxygen atoms in total. The molecule has 1 heterocycles. The van der Waals surface area contributed by atoms with E-state index in [0.29, 0.717) is 6.54 Å². The fraction of sp³-hybridized carbons (Fsp3) is 0.600. The lowest BCUT2D eigenvalue weighted by molar-refractivity contribution is 0.0209. The van der Waals surface area contributed by atoms with E-state index in [9.17, 15) is 10.2 Å². The molecule has 0 spiro atoms. The number of rotatable bonds is 4. The van der Waals surface area contributed by atoms with Gasteiger partial charge < -0.3 is 10.2 Å². The summed E-state index contributed by atoms with van der Waals surface area (Å²) in [5.74, 6) is 0. The molecule has 0 aliphatic carbocycles. The zero-order chi connectivity index (χ0) is 13.9. The first-order chi connectivity index (χ1) is 9.04. The van der Waals surface area contributed by atoms with Crippen LogP contribution < -0.4 is 0 Å². The van der Waals surface area contributed by atoms with E-state index in [4.69, 9.17) is 0 Å². The van der Waals surface area contributed by atoms with Gasteiger partial charge in [-0.25, -0.2) is 0 Å². The summed E-state index contributed by atoms with van der Waals surface area (Å²) in [6, 6.07) is 7.79. The highest BCUT2D eigenvalue weighted by molar-refractivity contribution is 9.10. The summed E-state index contributed by atoms with van der Waals surface area (Å²) in [5.41, 5.74) is 0.907. The number of aliphatic hydroxyl groups excluding tert-OH is 2. The second-order valence-electron chi connectivity index (χ2n) is 5.84. The maximum absolute atomic E-state index is 10.4. The minimum Gasteiger partial charge on any atom is -0.396 e. The van der Waals surface area contributed by atoms with Gasteiger partial charge in [0.05, 0.1) is 6.10 Å². The van der Waals surface area contributed by atoms with E-state index in [1.807, 2.05) is 24.3 Å². The van der Waals surface area contributed by atoms with Crippen molar-refractivity contribution in [3.05, 3.63) is 34.3 Å². The van der Waals surface area contributed by atoms with Crippen LogP contribution in [0.4, 0.5) is 0 Å². The lowest BCUT2D eigenvalue weighted by Crippen LogP contribution is -2.45. The highest BCUT2D eigenvalue weighted by atomic mass is 79.9. The average molecular weight is 328 g/mol. The van der Waals surface area contributed by atoms with Gasteiger partial charge >= 0.3 is 0 Å². The second kappa shape index (κ2) is 6.35. The third-order valence-corrected chi connectivity index (χ3v) is 4.66. The number of piperidine rings is 1. The first-order valence-electron chi connectivity index (χ1n) is 6.80. The standard InChI is InChI=1S/C15H22BrNO2/c1-15(11-18)7-4-8-17(10-15)9-14(19)12-5-2-3-6-13(12)16/h2-3,5-6,14,18-19H,4,7-11H2,1H3. The van der Waals surface area contributed by atoms with E-state index in [-0.39, 0.29) is 12.0 Å². The van der Waals surface area contributed by atoms with E-state index >= 15 is 0 Å². The minimum absolute atomic E-state index is 0.0219. The summed E-state index contributed by atoms with van der Waals surface area (Å²) in [6.07, 6.45) is 1.65. The van der Waals surface area contributed by atoms with Gasteiger partial charge in [-0.05, 0) is 31.0 Å². The van der Waals surface area contributed by atoms with Gasteiger partial charge in [0.25, 0.3) is 0 Å².